The minimum absolute atomic E-state index is 0. The van der Waals surface area contributed by atoms with Gasteiger partial charge in [-0.2, -0.15) is 4.58 Å². The molecule has 0 saturated carbocycles. The van der Waals surface area contributed by atoms with Gasteiger partial charge in [-0.05, 0) is 13.8 Å². The van der Waals surface area contributed by atoms with Crippen LogP contribution in [-0.4, -0.2) is 29.4 Å². The Morgan fingerprint density at radius 1 is 1.30 bits per heavy atom. The van der Waals surface area contributed by atoms with E-state index in [1.807, 2.05) is 0 Å². The minimum atomic E-state index is -0.206. The molecule has 3 nitrogen and oxygen atoms in total. The van der Waals surface area contributed by atoms with E-state index in [1.165, 1.54) is 23.9 Å². The fraction of sp³-hybridized carbons (Fsp3) is 0.500. The van der Waals surface area contributed by atoms with Crippen LogP contribution in [0.25, 0.3) is 0 Å². The number of hydrogen-bond donors (Lipinski definition) is 0. The van der Waals surface area contributed by atoms with E-state index >= 15 is 0 Å². The van der Waals surface area contributed by atoms with Gasteiger partial charge >= 0.3 is 5.97 Å². The quantitative estimate of drug-likeness (QED) is 0.316. The average Bonchev–Trinajstić information content (AvgIpc) is 2.55. The number of carbonyl (C=O) groups is 1. The van der Waals surface area contributed by atoms with Gasteiger partial charge in [0.2, 0.25) is 5.69 Å². The van der Waals surface area contributed by atoms with Gasteiger partial charge in [-0.15, -0.1) is 0 Å². The molecule has 2 rings (SSSR count). The van der Waals surface area contributed by atoms with Gasteiger partial charge in [0.1, 0.15) is 0 Å². The predicted molar refractivity (Wildman–Crippen MR) is 76.2 cm³/mol. The molecule has 110 valence electrons. The van der Waals surface area contributed by atoms with Gasteiger partial charge in [-0.25, -0.2) is 0 Å². The molecule has 0 N–H and O–H groups in total. The molecule has 0 radical (unpaired) electrons. The molecule has 0 aromatic heterocycles. The molecule has 0 bridgehead atoms. The van der Waals surface area contributed by atoms with Crippen molar-refractivity contribution in [2.45, 2.75) is 39.5 Å². The molecule has 0 fully saturated rings. The highest BCUT2D eigenvalue weighted by Crippen LogP contribution is 2.39. The summed E-state index contributed by atoms with van der Waals surface area (Å²) < 4.78 is 7.35. The first kappa shape index (κ1) is 17.1. The molecule has 0 saturated heterocycles. The number of fused-ring (bicyclic) bond motifs is 1. The molecule has 20 heavy (non-hydrogen) atoms. The lowest BCUT2D eigenvalue weighted by molar-refractivity contribution is -0.440. The average molecular weight is 387 g/mol. The summed E-state index contributed by atoms with van der Waals surface area (Å²) in [6, 6.07) is 8.53. The van der Waals surface area contributed by atoms with Crippen LogP contribution >= 0.6 is 0 Å². The highest BCUT2D eigenvalue weighted by molar-refractivity contribution is 5.93. The van der Waals surface area contributed by atoms with E-state index in [0.29, 0.717) is 6.61 Å². The van der Waals surface area contributed by atoms with Crippen molar-refractivity contribution < 1.29 is 38.1 Å². The van der Waals surface area contributed by atoms with Gasteiger partial charge in [0.05, 0.1) is 12.0 Å². The maximum absolute atomic E-state index is 10.8. The summed E-state index contributed by atoms with van der Waals surface area (Å²) >= 11 is 0. The molecule has 1 heterocycles. The van der Waals surface area contributed by atoms with Gasteiger partial charge in [0.15, 0.2) is 12.3 Å². The second-order valence-corrected chi connectivity index (χ2v) is 5.57. The van der Waals surface area contributed by atoms with E-state index in [-0.39, 0.29) is 35.4 Å². The summed E-state index contributed by atoms with van der Waals surface area (Å²) in [6.07, 6.45) is 0.849. The number of halogens is 1. The molecular formula is C16H22INO2. The monoisotopic (exact) mass is 387 g/mol. The third kappa shape index (κ3) is 3.22. The molecule has 0 amide bonds. The third-order valence-corrected chi connectivity index (χ3v) is 4.01. The zero-order chi connectivity index (χ0) is 14.0. The Hall–Kier alpha value is -0.910. The van der Waals surface area contributed by atoms with E-state index in [0.717, 1.165) is 13.0 Å². The van der Waals surface area contributed by atoms with Crippen LogP contribution in [0, 0.1) is 0 Å². The maximum Gasteiger partial charge on any atom is 0.302 e. The minimum Gasteiger partial charge on any atom is -1.00 e. The fourth-order valence-electron chi connectivity index (χ4n) is 2.68. The van der Waals surface area contributed by atoms with E-state index in [9.17, 15) is 4.79 Å². The fourth-order valence-corrected chi connectivity index (χ4v) is 2.68. The number of benzene rings is 1. The summed E-state index contributed by atoms with van der Waals surface area (Å²) in [5.41, 5.74) is 4.10. The smallest absolute Gasteiger partial charge is 0.302 e. The molecule has 0 spiro atoms. The molecule has 1 aliphatic rings. The Labute approximate surface area is 138 Å². The molecule has 1 aromatic rings. The van der Waals surface area contributed by atoms with Crippen molar-refractivity contribution in [1.82, 2.24) is 0 Å². The van der Waals surface area contributed by atoms with Crippen LogP contribution in [0.3, 0.4) is 0 Å². The van der Waals surface area contributed by atoms with E-state index in [2.05, 4.69) is 49.6 Å². The summed E-state index contributed by atoms with van der Waals surface area (Å²) in [5.74, 6) is -0.206. The normalized spacial score (nSPS) is 15.6. The van der Waals surface area contributed by atoms with E-state index in [4.69, 9.17) is 4.74 Å². The number of hydrogen-bond acceptors (Lipinski definition) is 2. The number of ether oxygens (including phenoxy) is 1. The van der Waals surface area contributed by atoms with Gasteiger partial charge in [0, 0.05) is 31.9 Å². The van der Waals surface area contributed by atoms with Crippen molar-refractivity contribution in [1.29, 1.82) is 0 Å². The van der Waals surface area contributed by atoms with Crippen LogP contribution in [0.2, 0.25) is 0 Å². The molecule has 4 heteroatoms. The van der Waals surface area contributed by atoms with Crippen molar-refractivity contribution in [3.05, 3.63) is 29.8 Å². The first-order chi connectivity index (χ1) is 8.94. The second-order valence-electron chi connectivity index (χ2n) is 5.57. The first-order valence-electron chi connectivity index (χ1n) is 6.79. The Morgan fingerprint density at radius 2 is 1.95 bits per heavy atom. The summed E-state index contributed by atoms with van der Waals surface area (Å²) in [6.45, 7) is 9.53. The summed E-state index contributed by atoms with van der Waals surface area (Å²) in [5, 5.41) is 0. The zero-order valence-corrected chi connectivity index (χ0v) is 14.7. The lowest BCUT2D eigenvalue weighted by Crippen LogP contribution is -3.00. The van der Waals surface area contributed by atoms with Crippen molar-refractivity contribution in [3.8, 4) is 0 Å². The highest BCUT2D eigenvalue weighted by atomic mass is 127. The van der Waals surface area contributed by atoms with E-state index < -0.39 is 0 Å². The number of esters is 1. The van der Waals surface area contributed by atoms with Crippen molar-refractivity contribution >= 4 is 17.4 Å². The third-order valence-electron chi connectivity index (χ3n) is 4.01. The van der Waals surface area contributed by atoms with Crippen LogP contribution in [-0.2, 0) is 14.9 Å². The number of rotatable bonds is 4. The Morgan fingerprint density at radius 3 is 2.60 bits per heavy atom. The van der Waals surface area contributed by atoms with Crippen molar-refractivity contribution in [2.24, 2.45) is 0 Å². The van der Waals surface area contributed by atoms with Gasteiger partial charge < -0.3 is 28.7 Å². The second kappa shape index (κ2) is 6.70. The maximum atomic E-state index is 10.8. The first-order valence-corrected chi connectivity index (χ1v) is 6.79. The van der Waals surface area contributed by atoms with Crippen LogP contribution in [0.4, 0.5) is 5.69 Å². The molecule has 1 aliphatic heterocycles. The molecular weight excluding hydrogens is 365 g/mol. The zero-order valence-electron chi connectivity index (χ0n) is 12.6. The lowest BCUT2D eigenvalue weighted by atomic mass is 9.82. The van der Waals surface area contributed by atoms with Crippen molar-refractivity contribution in [2.75, 3.05) is 13.2 Å². The number of para-hydroxylation sites is 1. The van der Waals surface area contributed by atoms with Crippen LogP contribution in [0.15, 0.2) is 24.3 Å². The van der Waals surface area contributed by atoms with Gasteiger partial charge in [0.25, 0.3) is 0 Å². The number of nitrogens with zero attached hydrogens (tertiary/aromatic N) is 1. The molecule has 1 aromatic carbocycles. The molecule has 0 aliphatic carbocycles. The Kier molecular flexibility index (Phi) is 5.74. The van der Waals surface area contributed by atoms with Crippen LogP contribution < -0.4 is 24.0 Å². The Bertz CT molecular complexity index is 535. The standard InChI is InChI=1S/C16H22NO2.HI/c1-12-16(3,4)14-8-5-6-9-15(14)17(12)10-7-11-19-13(2)18;/h5-6,8-9H,7,10-11H2,1-4H3;1H/q+1;/p-1. The summed E-state index contributed by atoms with van der Waals surface area (Å²) in [7, 11) is 0. The molecule has 0 unspecified atom stereocenters. The van der Waals surface area contributed by atoms with Gasteiger partial charge in [-0.1, -0.05) is 18.2 Å². The van der Waals surface area contributed by atoms with Crippen LogP contribution in [0.5, 0.6) is 0 Å². The SMILES string of the molecule is CC(=O)OCCC[N+]1=C(C)C(C)(C)c2ccccc21.[I-]. The largest absolute Gasteiger partial charge is 1.00 e. The lowest BCUT2D eigenvalue weighted by Gasteiger charge is -2.14. The van der Waals surface area contributed by atoms with E-state index in [1.54, 1.807) is 0 Å². The Balaban J connectivity index is 0.00000200. The predicted octanol–water partition coefficient (Wildman–Crippen LogP) is 0.0399. The highest BCUT2D eigenvalue weighted by Gasteiger charge is 2.42. The van der Waals surface area contributed by atoms with Crippen molar-refractivity contribution in [3.63, 3.8) is 0 Å². The number of carbonyl (C=O) groups excluding carboxylic acids is 1. The topological polar surface area (TPSA) is 29.3 Å². The van der Waals surface area contributed by atoms with Gasteiger partial charge in [-0.3, -0.25) is 4.79 Å². The van der Waals surface area contributed by atoms with Crippen LogP contribution in [0.1, 0.15) is 39.7 Å². The summed E-state index contributed by atoms with van der Waals surface area (Å²) in [4.78, 5) is 10.8. The molecule has 0 atom stereocenters.